The van der Waals surface area contributed by atoms with Gasteiger partial charge >= 0.3 is 0 Å². The molecule has 0 amide bonds. The van der Waals surface area contributed by atoms with E-state index in [-0.39, 0.29) is 12.1 Å². The van der Waals surface area contributed by atoms with E-state index in [2.05, 4.69) is 20.5 Å². The van der Waals surface area contributed by atoms with Crippen LogP contribution in [0.3, 0.4) is 0 Å². The lowest BCUT2D eigenvalue weighted by Gasteiger charge is -2.17. The average molecular weight is 328 g/mol. The number of halogens is 2. The second kappa shape index (κ2) is 10.9. The van der Waals surface area contributed by atoms with Crippen LogP contribution in [0.15, 0.2) is 23.2 Å². The van der Waals surface area contributed by atoms with Gasteiger partial charge in [-0.15, -0.1) is 0 Å². The van der Waals surface area contributed by atoms with Crippen LogP contribution in [0.5, 0.6) is 0 Å². The number of rotatable bonds is 9. The predicted molar refractivity (Wildman–Crippen MR) is 88.5 cm³/mol. The molecule has 23 heavy (non-hydrogen) atoms. The van der Waals surface area contributed by atoms with Crippen molar-refractivity contribution in [3.63, 3.8) is 0 Å². The van der Waals surface area contributed by atoms with E-state index in [0.29, 0.717) is 12.6 Å². The summed E-state index contributed by atoms with van der Waals surface area (Å²) in [5.74, 6) is -0.326. The molecule has 0 saturated carbocycles. The SMILES string of the molecule is CN=C(NCCCN(C)CCOC)NCc1cc(F)ccc1F. The molecule has 1 aromatic carbocycles. The van der Waals surface area contributed by atoms with Crippen molar-refractivity contribution < 1.29 is 13.5 Å². The molecule has 1 rings (SSSR count). The fraction of sp³-hybridized carbons (Fsp3) is 0.562. The van der Waals surface area contributed by atoms with Gasteiger partial charge in [-0.3, -0.25) is 4.99 Å². The van der Waals surface area contributed by atoms with E-state index < -0.39 is 11.6 Å². The third kappa shape index (κ3) is 7.90. The van der Waals surface area contributed by atoms with Crippen LogP contribution in [0, 0.1) is 11.6 Å². The Hall–Kier alpha value is -1.73. The minimum absolute atomic E-state index is 0.178. The number of methoxy groups -OCH3 is 1. The Bertz CT molecular complexity index is 497. The zero-order valence-corrected chi connectivity index (χ0v) is 14.0. The van der Waals surface area contributed by atoms with Gasteiger partial charge in [-0.05, 0) is 38.2 Å². The highest BCUT2D eigenvalue weighted by atomic mass is 19.1. The van der Waals surface area contributed by atoms with Gasteiger partial charge in [0, 0.05) is 39.4 Å². The van der Waals surface area contributed by atoms with Gasteiger partial charge in [0.15, 0.2) is 5.96 Å². The first-order chi connectivity index (χ1) is 11.1. The number of aliphatic imine (C=N–C) groups is 1. The van der Waals surface area contributed by atoms with Crippen LogP contribution in [0.1, 0.15) is 12.0 Å². The van der Waals surface area contributed by atoms with Crippen molar-refractivity contribution in [2.75, 3.05) is 47.4 Å². The van der Waals surface area contributed by atoms with Crippen LogP contribution >= 0.6 is 0 Å². The molecule has 0 aliphatic heterocycles. The summed E-state index contributed by atoms with van der Waals surface area (Å²) in [5, 5.41) is 6.12. The van der Waals surface area contributed by atoms with Gasteiger partial charge in [0.05, 0.1) is 6.61 Å². The smallest absolute Gasteiger partial charge is 0.191 e. The van der Waals surface area contributed by atoms with Crippen molar-refractivity contribution in [2.45, 2.75) is 13.0 Å². The maximum Gasteiger partial charge on any atom is 0.191 e. The normalized spacial score (nSPS) is 11.8. The summed E-state index contributed by atoms with van der Waals surface area (Å²) in [7, 11) is 5.37. The van der Waals surface area contributed by atoms with E-state index in [0.717, 1.165) is 38.2 Å². The summed E-state index contributed by atoms with van der Waals surface area (Å²) in [6.07, 6.45) is 0.940. The number of ether oxygens (including phenoxy) is 1. The molecule has 0 bridgehead atoms. The summed E-state index contributed by atoms with van der Waals surface area (Å²) < 4.78 is 31.7. The molecule has 0 spiro atoms. The fourth-order valence-electron chi connectivity index (χ4n) is 1.99. The lowest BCUT2D eigenvalue weighted by Crippen LogP contribution is -2.38. The summed E-state index contributed by atoms with van der Waals surface area (Å²) in [5.41, 5.74) is 0.271. The van der Waals surface area contributed by atoms with Gasteiger partial charge in [0.1, 0.15) is 11.6 Å². The quantitative estimate of drug-likeness (QED) is 0.411. The molecule has 7 heteroatoms. The molecule has 5 nitrogen and oxygen atoms in total. The van der Waals surface area contributed by atoms with Gasteiger partial charge < -0.3 is 20.3 Å². The monoisotopic (exact) mass is 328 g/mol. The van der Waals surface area contributed by atoms with Gasteiger partial charge in [0.2, 0.25) is 0 Å². The summed E-state index contributed by atoms with van der Waals surface area (Å²) >= 11 is 0. The number of benzene rings is 1. The molecule has 0 aromatic heterocycles. The van der Waals surface area contributed by atoms with E-state index in [1.165, 1.54) is 6.07 Å². The molecular weight excluding hydrogens is 302 g/mol. The van der Waals surface area contributed by atoms with Crippen molar-refractivity contribution in [2.24, 2.45) is 4.99 Å². The molecule has 0 saturated heterocycles. The Labute approximate surface area is 136 Å². The number of likely N-dealkylation sites (N-methyl/N-ethyl adjacent to an activating group) is 1. The topological polar surface area (TPSA) is 48.9 Å². The standard InChI is InChI=1S/C16H26F2N4O/c1-19-16(20-7-4-8-22(2)9-10-23-3)21-12-13-11-14(17)5-6-15(13)18/h5-6,11H,4,7-10,12H2,1-3H3,(H2,19,20,21). The maximum atomic E-state index is 13.5. The lowest BCUT2D eigenvalue weighted by molar-refractivity contribution is 0.161. The van der Waals surface area contributed by atoms with Gasteiger partial charge in [-0.2, -0.15) is 0 Å². The molecule has 1 aromatic rings. The molecule has 0 atom stereocenters. The Balaban J connectivity index is 2.28. The maximum absolute atomic E-state index is 13.5. The number of nitrogens with zero attached hydrogens (tertiary/aromatic N) is 2. The zero-order valence-electron chi connectivity index (χ0n) is 14.0. The molecule has 0 aliphatic rings. The van der Waals surface area contributed by atoms with E-state index in [4.69, 9.17) is 4.74 Å². The van der Waals surface area contributed by atoms with E-state index in [1.807, 2.05) is 7.05 Å². The lowest BCUT2D eigenvalue weighted by atomic mass is 10.2. The summed E-state index contributed by atoms with van der Waals surface area (Å²) in [6, 6.07) is 3.41. The van der Waals surface area contributed by atoms with Crippen LogP contribution in [-0.4, -0.2) is 58.3 Å². The first-order valence-electron chi connectivity index (χ1n) is 7.62. The molecule has 0 radical (unpaired) electrons. The second-order valence-corrected chi connectivity index (χ2v) is 5.24. The van der Waals surface area contributed by atoms with Gasteiger partial charge in [-0.25, -0.2) is 8.78 Å². The largest absolute Gasteiger partial charge is 0.383 e. The minimum Gasteiger partial charge on any atom is -0.383 e. The Morgan fingerprint density at radius 1 is 1.26 bits per heavy atom. The summed E-state index contributed by atoms with van der Waals surface area (Å²) in [6.45, 7) is 3.46. The second-order valence-electron chi connectivity index (χ2n) is 5.24. The molecule has 0 fully saturated rings. The van der Waals surface area contributed by atoms with Crippen LogP contribution in [0.25, 0.3) is 0 Å². The highest BCUT2D eigenvalue weighted by molar-refractivity contribution is 5.79. The van der Waals surface area contributed by atoms with Crippen molar-refractivity contribution in [3.8, 4) is 0 Å². The fourth-order valence-corrected chi connectivity index (χ4v) is 1.99. The van der Waals surface area contributed by atoms with Crippen molar-refractivity contribution in [1.82, 2.24) is 15.5 Å². The van der Waals surface area contributed by atoms with Crippen molar-refractivity contribution in [1.29, 1.82) is 0 Å². The summed E-state index contributed by atoms with van der Waals surface area (Å²) in [4.78, 5) is 6.25. The third-order valence-electron chi connectivity index (χ3n) is 3.36. The zero-order chi connectivity index (χ0) is 17.1. The van der Waals surface area contributed by atoms with E-state index in [9.17, 15) is 8.78 Å². The molecular formula is C16H26F2N4O. The number of guanidine groups is 1. The molecule has 130 valence electrons. The van der Waals surface area contributed by atoms with Crippen LogP contribution in [0.4, 0.5) is 8.78 Å². The Morgan fingerprint density at radius 3 is 2.74 bits per heavy atom. The van der Waals surface area contributed by atoms with Gasteiger partial charge in [0.25, 0.3) is 0 Å². The van der Waals surface area contributed by atoms with Crippen molar-refractivity contribution >= 4 is 5.96 Å². The molecule has 0 unspecified atom stereocenters. The van der Waals surface area contributed by atoms with Crippen LogP contribution in [-0.2, 0) is 11.3 Å². The highest BCUT2D eigenvalue weighted by Crippen LogP contribution is 2.08. The van der Waals surface area contributed by atoms with Gasteiger partial charge in [-0.1, -0.05) is 0 Å². The first-order valence-corrected chi connectivity index (χ1v) is 7.62. The first kappa shape index (κ1) is 19.3. The van der Waals surface area contributed by atoms with Crippen LogP contribution < -0.4 is 10.6 Å². The van der Waals surface area contributed by atoms with E-state index in [1.54, 1.807) is 14.2 Å². The number of hydrogen-bond donors (Lipinski definition) is 2. The van der Waals surface area contributed by atoms with E-state index >= 15 is 0 Å². The third-order valence-corrected chi connectivity index (χ3v) is 3.36. The molecule has 0 heterocycles. The number of hydrogen-bond acceptors (Lipinski definition) is 3. The molecule has 0 aliphatic carbocycles. The highest BCUT2D eigenvalue weighted by Gasteiger charge is 2.05. The predicted octanol–water partition coefficient (Wildman–Crippen LogP) is 1.60. The average Bonchev–Trinajstić information content (AvgIpc) is 2.55. The van der Waals surface area contributed by atoms with Crippen molar-refractivity contribution in [3.05, 3.63) is 35.4 Å². The minimum atomic E-state index is -0.453. The number of nitrogens with one attached hydrogen (secondary N) is 2. The molecule has 2 N–H and O–H groups in total. The Kier molecular flexibility index (Phi) is 9.16. The Morgan fingerprint density at radius 2 is 2.04 bits per heavy atom. The van der Waals surface area contributed by atoms with Crippen LogP contribution in [0.2, 0.25) is 0 Å².